The van der Waals surface area contributed by atoms with Gasteiger partial charge in [0, 0.05) is 29.7 Å². The van der Waals surface area contributed by atoms with Crippen LogP contribution < -0.4 is 10.5 Å². The fourth-order valence-corrected chi connectivity index (χ4v) is 4.44. The fraction of sp³-hybridized carbons (Fsp3) is 0.318. The van der Waals surface area contributed by atoms with Crippen molar-refractivity contribution < 1.29 is 9.52 Å². The summed E-state index contributed by atoms with van der Waals surface area (Å²) in [5, 5.41) is 10.2. The van der Waals surface area contributed by atoms with Crippen LogP contribution >= 0.6 is 0 Å². The van der Waals surface area contributed by atoms with Crippen LogP contribution in [0.1, 0.15) is 29.5 Å². The lowest BCUT2D eigenvalue weighted by Crippen LogP contribution is -2.34. The highest BCUT2D eigenvalue weighted by Gasteiger charge is 2.27. The van der Waals surface area contributed by atoms with Gasteiger partial charge in [-0.2, -0.15) is 0 Å². The molecule has 3 heterocycles. The van der Waals surface area contributed by atoms with Gasteiger partial charge in [0.15, 0.2) is 0 Å². The Labute approximate surface area is 151 Å². The van der Waals surface area contributed by atoms with E-state index in [9.17, 15) is 9.90 Å². The van der Waals surface area contributed by atoms with E-state index in [1.54, 1.807) is 0 Å². The van der Waals surface area contributed by atoms with Crippen LogP contribution in [0, 0.1) is 0 Å². The molecule has 5 rings (SSSR count). The summed E-state index contributed by atoms with van der Waals surface area (Å²) in [5.41, 5.74) is 6.62. The number of aliphatic hydroxyl groups excluding tert-OH is 1. The molecule has 0 aliphatic carbocycles. The summed E-state index contributed by atoms with van der Waals surface area (Å²) < 4.78 is 5.84. The maximum absolute atomic E-state index is 12.7. The number of benzene rings is 2. The van der Waals surface area contributed by atoms with Crippen LogP contribution in [-0.2, 0) is 19.4 Å². The Morgan fingerprint density at radius 1 is 1.04 bits per heavy atom. The highest BCUT2D eigenvalue weighted by molar-refractivity contribution is 5.90. The van der Waals surface area contributed by atoms with E-state index in [2.05, 4.69) is 11.0 Å². The average molecular weight is 347 g/mol. The molecule has 2 aliphatic heterocycles. The number of nitrogens with zero attached hydrogens (tertiary/aromatic N) is 1. The molecule has 1 N–H and O–H groups in total. The molecule has 4 heteroatoms. The van der Waals surface area contributed by atoms with Crippen molar-refractivity contribution in [1.29, 1.82) is 0 Å². The molecule has 26 heavy (non-hydrogen) atoms. The zero-order chi connectivity index (χ0) is 17.7. The third-order valence-electron chi connectivity index (χ3n) is 5.66. The molecule has 3 aromatic rings. The Morgan fingerprint density at radius 3 is 2.58 bits per heavy atom. The number of hydrogen-bond donors (Lipinski definition) is 1. The third-order valence-corrected chi connectivity index (χ3v) is 5.66. The predicted molar refractivity (Wildman–Crippen MR) is 103 cm³/mol. The van der Waals surface area contributed by atoms with Crippen LogP contribution in [0.4, 0.5) is 5.69 Å². The number of hydrogen-bond acceptors (Lipinski definition) is 4. The van der Waals surface area contributed by atoms with Gasteiger partial charge in [-0.1, -0.05) is 24.3 Å². The first-order valence-electron chi connectivity index (χ1n) is 9.32. The van der Waals surface area contributed by atoms with Crippen LogP contribution in [0.2, 0.25) is 0 Å². The Hall–Kier alpha value is -2.59. The molecule has 0 unspecified atom stereocenters. The largest absolute Gasteiger partial charge is 0.422 e. The van der Waals surface area contributed by atoms with Crippen molar-refractivity contribution in [3.8, 4) is 11.1 Å². The van der Waals surface area contributed by atoms with Crippen molar-refractivity contribution in [1.82, 2.24) is 0 Å². The summed E-state index contributed by atoms with van der Waals surface area (Å²) in [7, 11) is 0. The minimum Gasteiger partial charge on any atom is -0.422 e. The van der Waals surface area contributed by atoms with Gasteiger partial charge in [0.2, 0.25) is 0 Å². The highest BCUT2D eigenvalue weighted by atomic mass is 16.4. The average Bonchev–Trinajstić information content (AvgIpc) is 2.69. The number of anilines is 1. The SMILES string of the molecule is O=c1oc2c3c4c(cc2cc1-c1ccc(CO)cc1)CCCN4CCC3. The molecule has 0 bridgehead atoms. The number of aryl methyl sites for hydroxylation is 2. The second kappa shape index (κ2) is 5.99. The Morgan fingerprint density at radius 2 is 1.81 bits per heavy atom. The zero-order valence-corrected chi connectivity index (χ0v) is 14.6. The molecular formula is C22H21NO3. The van der Waals surface area contributed by atoms with E-state index in [4.69, 9.17) is 4.42 Å². The minimum absolute atomic E-state index is 0.00138. The minimum atomic E-state index is -0.293. The monoisotopic (exact) mass is 347 g/mol. The van der Waals surface area contributed by atoms with Crippen molar-refractivity contribution in [2.24, 2.45) is 0 Å². The molecule has 0 radical (unpaired) electrons. The van der Waals surface area contributed by atoms with E-state index in [1.807, 2.05) is 30.3 Å². The van der Waals surface area contributed by atoms with E-state index in [0.717, 1.165) is 54.4 Å². The molecule has 0 spiro atoms. The summed E-state index contributed by atoms with van der Waals surface area (Å²) >= 11 is 0. The number of fused-ring (bicyclic) bond motifs is 2. The summed E-state index contributed by atoms with van der Waals surface area (Å²) in [6, 6.07) is 11.6. The summed E-state index contributed by atoms with van der Waals surface area (Å²) in [6.45, 7) is 2.20. The van der Waals surface area contributed by atoms with Crippen LogP contribution in [-0.4, -0.2) is 18.2 Å². The third kappa shape index (κ3) is 2.36. The van der Waals surface area contributed by atoms with Gasteiger partial charge in [0.1, 0.15) is 5.58 Å². The molecule has 132 valence electrons. The van der Waals surface area contributed by atoms with Gasteiger partial charge in [-0.25, -0.2) is 4.79 Å². The quantitative estimate of drug-likeness (QED) is 0.719. The van der Waals surface area contributed by atoms with Gasteiger partial charge < -0.3 is 14.4 Å². The van der Waals surface area contributed by atoms with Crippen LogP contribution in [0.25, 0.3) is 22.1 Å². The maximum Gasteiger partial charge on any atom is 0.344 e. The van der Waals surface area contributed by atoms with Crippen LogP contribution in [0.5, 0.6) is 0 Å². The molecule has 1 aromatic heterocycles. The topological polar surface area (TPSA) is 53.7 Å². The van der Waals surface area contributed by atoms with E-state index in [-0.39, 0.29) is 12.2 Å². The number of rotatable bonds is 2. The van der Waals surface area contributed by atoms with Gasteiger partial charge in [0.05, 0.1) is 12.2 Å². The lowest BCUT2D eigenvalue weighted by Gasteiger charge is -2.37. The van der Waals surface area contributed by atoms with E-state index in [0.29, 0.717) is 5.56 Å². The van der Waals surface area contributed by atoms with Gasteiger partial charge in [-0.3, -0.25) is 0 Å². The molecule has 0 atom stereocenters. The predicted octanol–water partition coefficient (Wildman–Crippen LogP) is 3.65. The molecule has 0 saturated heterocycles. The van der Waals surface area contributed by atoms with E-state index >= 15 is 0 Å². The Balaban J connectivity index is 1.72. The molecule has 4 nitrogen and oxygen atoms in total. The first-order valence-corrected chi connectivity index (χ1v) is 9.32. The zero-order valence-electron chi connectivity index (χ0n) is 14.6. The van der Waals surface area contributed by atoms with Gasteiger partial charge >= 0.3 is 5.63 Å². The van der Waals surface area contributed by atoms with Crippen LogP contribution in [0.3, 0.4) is 0 Å². The molecule has 2 aliphatic rings. The molecule has 0 amide bonds. The lowest BCUT2D eigenvalue weighted by atomic mass is 9.89. The van der Waals surface area contributed by atoms with Gasteiger partial charge in [-0.15, -0.1) is 0 Å². The smallest absolute Gasteiger partial charge is 0.344 e. The standard InChI is InChI=1S/C22H21NO3/c24-13-14-5-7-15(8-6-14)19-12-17-11-16-3-1-9-23-10-2-4-18(20(16)23)21(17)26-22(19)25/h5-8,11-12,24H,1-4,9-10,13H2. The van der Waals surface area contributed by atoms with Crippen molar-refractivity contribution in [2.45, 2.75) is 32.3 Å². The molecule has 0 saturated carbocycles. The summed E-state index contributed by atoms with van der Waals surface area (Å²) in [4.78, 5) is 15.2. The fourth-order valence-electron chi connectivity index (χ4n) is 4.44. The molecule has 0 fully saturated rings. The Kier molecular flexibility index (Phi) is 3.61. The normalized spacial score (nSPS) is 16.0. The van der Waals surface area contributed by atoms with Crippen molar-refractivity contribution in [2.75, 3.05) is 18.0 Å². The maximum atomic E-state index is 12.7. The van der Waals surface area contributed by atoms with E-state index in [1.165, 1.54) is 23.2 Å². The van der Waals surface area contributed by atoms with Crippen LogP contribution in [0.15, 0.2) is 45.6 Å². The second-order valence-electron chi connectivity index (χ2n) is 7.28. The first kappa shape index (κ1) is 15.6. The summed E-state index contributed by atoms with van der Waals surface area (Å²) in [5.74, 6) is 0. The molecule has 2 aromatic carbocycles. The van der Waals surface area contributed by atoms with Crippen molar-refractivity contribution >= 4 is 16.7 Å². The van der Waals surface area contributed by atoms with Gasteiger partial charge in [0.25, 0.3) is 0 Å². The number of aliphatic hydroxyl groups is 1. The van der Waals surface area contributed by atoms with Crippen molar-refractivity contribution in [3.63, 3.8) is 0 Å². The molecular weight excluding hydrogens is 326 g/mol. The lowest BCUT2D eigenvalue weighted by molar-refractivity contribution is 0.282. The highest BCUT2D eigenvalue weighted by Crippen LogP contribution is 2.40. The van der Waals surface area contributed by atoms with Gasteiger partial charge in [-0.05, 0) is 54.5 Å². The Bertz CT molecular complexity index is 1050. The summed E-state index contributed by atoms with van der Waals surface area (Å²) in [6.07, 6.45) is 4.36. The van der Waals surface area contributed by atoms with Crippen molar-refractivity contribution in [3.05, 3.63) is 63.5 Å². The van der Waals surface area contributed by atoms with E-state index < -0.39 is 0 Å². The first-order chi connectivity index (χ1) is 12.7. The second-order valence-corrected chi connectivity index (χ2v) is 7.28.